The molecular weight excluding hydrogens is 575 g/mol. The highest BCUT2D eigenvalue weighted by Gasteiger charge is 2.32. The van der Waals surface area contributed by atoms with Gasteiger partial charge in [-0.05, 0) is 84.6 Å². The lowest BCUT2D eigenvalue weighted by atomic mass is 9.92. The SMILES string of the molecule is CC/C=C/C=C(C#N)\C=C(/C)CCC.C\C=C(C(/C(C)=N/C=C/CC)=C(/C)N1CCN(C(=O)C(C)(C)O)CC1)\c1ccccc1F. The van der Waals surface area contributed by atoms with Gasteiger partial charge in [-0.2, -0.15) is 5.26 Å². The third-order valence-electron chi connectivity index (χ3n) is 7.44. The Morgan fingerprint density at radius 2 is 1.65 bits per heavy atom. The number of amides is 1. The Morgan fingerprint density at radius 1 is 1.04 bits per heavy atom. The van der Waals surface area contributed by atoms with Crippen molar-refractivity contribution in [1.29, 1.82) is 5.26 Å². The van der Waals surface area contributed by atoms with Gasteiger partial charge in [0.25, 0.3) is 5.91 Å². The maximum Gasteiger partial charge on any atom is 0.254 e. The monoisotopic (exact) mass is 630 g/mol. The van der Waals surface area contributed by atoms with Crippen LogP contribution in [0, 0.1) is 17.1 Å². The van der Waals surface area contributed by atoms with E-state index in [1.54, 1.807) is 23.2 Å². The fourth-order valence-corrected chi connectivity index (χ4v) is 5.05. The van der Waals surface area contributed by atoms with E-state index in [1.807, 2.05) is 63.3 Å². The predicted molar refractivity (Wildman–Crippen MR) is 192 cm³/mol. The Kier molecular flexibility index (Phi) is 18.2. The van der Waals surface area contributed by atoms with E-state index >= 15 is 0 Å². The van der Waals surface area contributed by atoms with Crippen LogP contribution < -0.4 is 0 Å². The van der Waals surface area contributed by atoms with E-state index < -0.39 is 5.60 Å². The second-order valence-electron chi connectivity index (χ2n) is 11.8. The zero-order valence-electron chi connectivity index (χ0n) is 29.5. The van der Waals surface area contributed by atoms with Gasteiger partial charge in [0.1, 0.15) is 11.4 Å². The largest absolute Gasteiger partial charge is 0.381 e. The van der Waals surface area contributed by atoms with Gasteiger partial charge in [-0.25, -0.2) is 4.39 Å². The van der Waals surface area contributed by atoms with E-state index in [1.165, 1.54) is 25.5 Å². The second kappa shape index (κ2) is 20.9. The lowest BCUT2D eigenvalue weighted by Crippen LogP contribution is -2.53. The molecule has 0 aliphatic carbocycles. The summed E-state index contributed by atoms with van der Waals surface area (Å²) in [5.41, 5.74) is 4.64. The van der Waals surface area contributed by atoms with Gasteiger partial charge in [-0.1, -0.05) is 75.3 Å². The van der Waals surface area contributed by atoms with Crippen LogP contribution in [0.25, 0.3) is 5.57 Å². The van der Waals surface area contributed by atoms with Gasteiger partial charge in [0, 0.05) is 54.9 Å². The molecular formula is C39H55FN4O2. The number of hydrogen-bond acceptors (Lipinski definition) is 5. The summed E-state index contributed by atoms with van der Waals surface area (Å²) in [4.78, 5) is 21.0. The van der Waals surface area contributed by atoms with Gasteiger partial charge >= 0.3 is 0 Å². The molecule has 0 spiro atoms. The van der Waals surface area contributed by atoms with Gasteiger partial charge < -0.3 is 14.9 Å². The highest BCUT2D eigenvalue weighted by Crippen LogP contribution is 2.31. The van der Waals surface area contributed by atoms with Gasteiger partial charge in [0.15, 0.2) is 0 Å². The molecule has 250 valence electrons. The molecule has 0 radical (unpaired) electrons. The van der Waals surface area contributed by atoms with Crippen molar-refractivity contribution < 1.29 is 14.3 Å². The number of carbonyl (C=O) groups is 1. The number of halogens is 1. The molecule has 0 unspecified atom stereocenters. The zero-order chi connectivity index (χ0) is 34.7. The van der Waals surface area contributed by atoms with Gasteiger partial charge in [0.2, 0.25) is 0 Å². The highest BCUT2D eigenvalue weighted by molar-refractivity contribution is 6.12. The van der Waals surface area contributed by atoms with Crippen molar-refractivity contribution in [3.63, 3.8) is 0 Å². The number of carbonyl (C=O) groups excluding carboxylic acids is 1. The maximum atomic E-state index is 14.7. The van der Waals surface area contributed by atoms with Gasteiger partial charge in [-0.15, -0.1) is 0 Å². The molecule has 1 aliphatic heterocycles. The van der Waals surface area contributed by atoms with Crippen LogP contribution >= 0.6 is 0 Å². The van der Waals surface area contributed by atoms with Crippen LogP contribution in [0.15, 0.2) is 94.3 Å². The number of nitrogens with zero attached hydrogens (tertiary/aromatic N) is 4. The van der Waals surface area contributed by atoms with E-state index in [2.05, 4.69) is 43.7 Å². The first-order valence-electron chi connectivity index (χ1n) is 16.4. The minimum atomic E-state index is -1.38. The molecule has 7 heteroatoms. The summed E-state index contributed by atoms with van der Waals surface area (Å²) < 4.78 is 14.7. The topological polar surface area (TPSA) is 79.9 Å². The molecule has 1 amide bonds. The molecule has 0 bridgehead atoms. The van der Waals surface area contributed by atoms with Crippen LogP contribution in [0.3, 0.4) is 0 Å². The summed E-state index contributed by atoms with van der Waals surface area (Å²) in [7, 11) is 0. The summed E-state index contributed by atoms with van der Waals surface area (Å²) in [5, 5.41) is 18.9. The number of benzene rings is 1. The normalized spacial score (nSPS) is 16.0. The summed E-state index contributed by atoms with van der Waals surface area (Å²) in [5.74, 6) is -0.537. The van der Waals surface area contributed by atoms with Crippen LogP contribution in [-0.4, -0.2) is 58.3 Å². The van der Waals surface area contributed by atoms with Gasteiger partial charge in [-0.3, -0.25) is 9.79 Å². The van der Waals surface area contributed by atoms with E-state index in [0.29, 0.717) is 31.7 Å². The number of allylic oxidation sites excluding steroid dienone is 11. The zero-order valence-corrected chi connectivity index (χ0v) is 29.5. The van der Waals surface area contributed by atoms with E-state index in [0.717, 1.165) is 53.8 Å². The van der Waals surface area contributed by atoms with Crippen molar-refractivity contribution in [2.24, 2.45) is 4.99 Å². The second-order valence-corrected chi connectivity index (χ2v) is 11.8. The average Bonchev–Trinajstić information content (AvgIpc) is 3.03. The Hall–Kier alpha value is -4.02. The quantitative estimate of drug-likeness (QED) is 0.142. The summed E-state index contributed by atoms with van der Waals surface area (Å²) >= 11 is 0. The molecule has 1 aliphatic rings. The number of rotatable bonds is 12. The number of hydrogen-bond donors (Lipinski definition) is 1. The van der Waals surface area contributed by atoms with Crippen molar-refractivity contribution >= 4 is 17.2 Å². The minimum Gasteiger partial charge on any atom is -0.381 e. The molecule has 0 atom stereocenters. The number of aliphatic imine (C=N–C) groups is 1. The molecule has 1 saturated heterocycles. The van der Waals surface area contributed by atoms with Crippen LogP contribution in [0.2, 0.25) is 0 Å². The van der Waals surface area contributed by atoms with E-state index in [9.17, 15) is 14.3 Å². The molecule has 1 N–H and O–H groups in total. The Balaban J connectivity index is 0.000000636. The van der Waals surface area contributed by atoms with Crippen LogP contribution in [-0.2, 0) is 4.79 Å². The number of aliphatic hydroxyl groups is 1. The third-order valence-corrected chi connectivity index (χ3v) is 7.44. The first kappa shape index (κ1) is 40.0. The molecule has 46 heavy (non-hydrogen) atoms. The Labute approximate surface area is 277 Å². The smallest absolute Gasteiger partial charge is 0.254 e. The molecule has 0 aromatic heterocycles. The lowest BCUT2D eigenvalue weighted by molar-refractivity contribution is -0.149. The fraction of sp³-hybridized carbons (Fsp3) is 0.462. The molecule has 1 fully saturated rings. The summed E-state index contributed by atoms with van der Waals surface area (Å²) in [6.45, 7) is 19.5. The molecule has 1 aromatic rings. The Bertz CT molecular complexity index is 1390. The highest BCUT2D eigenvalue weighted by atomic mass is 19.1. The summed E-state index contributed by atoms with van der Waals surface area (Å²) in [6, 6.07) is 8.96. The maximum absolute atomic E-state index is 14.7. The fourth-order valence-electron chi connectivity index (χ4n) is 5.05. The summed E-state index contributed by atoms with van der Waals surface area (Å²) in [6.07, 6.45) is 17.6. The van der Waals surface area contributed by atoms with Crippen molar-refractivity contribution in [3.8, 4) is 6.07 Å². The third kappa shape index (κ3) is 13.1. The van der Waals surface area contributed by atoms with Crippen molar-refractivity contribution in [2.45, 2.75) is 93.6 Å². The van der Waals surface area contributed by atoms with Crippen LogP contribution in [0.1, 0.15) is 93.6 Å². The molecule has 1 aromatic carbocycles. The van der Waals surface area contributed by atoms with Crippen molar-refractivity contribution in [2.75, 3.05) is 26.2 Å². The van der Waals surface area contributed by atoms with Crippen molar-refractivity contribution in [1.82, 2.24) is 9.80 Å². The lowest BCUT2D eigenvalue weighted by Gasteiger charge is -2.39. The van der Waals surface area contributed by atoms with Crippen LogP contribution in [0.4, 0.5) is 4.39 Å². The predicted octanol–water partition coefficient (Wildman–Crippen LogP) is 8.95. The molecule has 1 heterocycles. The van der Waals surface area contributed by atoms with E-state index in [-0.39, 0.29) is 11.7 Å². The van der Waals surface area contributed by atoms with Crippen molar-refractivity contribution in [3.05, 3.63) is 101 Å². The molecule has 0 saturated carbocycles. The first-order chi connectivity index (χ1) is 21.9. The molecule has 2 rings (SSSR count). The first-order valence-corrected chi connectivity index (χ1v) is 16.4. The Morgan fingerprint density at radius 3 is 2.17 bits per heavy atom. The number of nitriles is 1. The van der Waals surface area contributed by atoms with Crippen LogP contribution in [0.5, 0.6) is 0 Å². The molecule has 6 nitrogen and oxygen atoms in total. The van der Waals surface area contributed by atoms with Gasteiger partial charge in [0.05, 0.1) is 11.6 Å². The van der Waals surface area contributed by atoms with E-state index in [4.69, 9.17) is 5.26 Å². The standard InChI is InChI=1S/C26H36FN3O2.C13H19N/c1-7-9-14-28-19(3)24(21(8-2)22-12-10-11-13-23(22)27)20(4)29-15-17-30(18-16-29)25(31)26(5,6)32;1-4-6-7-9-13(11-14)10-12(3)8-5-2/h8-14,32H,7,15-18H2,1-6H3;6-7,9-10H,4-5,8H2,1-3H3/b14-9+,21-8-,24-20-,28-19+;7-6+,12-10+,13-9+. The minimum absolute atomic E-state index is 0.262. The number of piperazine rings is 1. The average molecular weight is 631 g/mol.